The van der Waals surface area contributed by atoms with E-state index >= 15 is 0 Å². The van der Waals surface area contributed by atoms with Crippen LogP contribution in [-0.2, 0) is 0 Å². The molecule has 0 fully saturated rings. The predicted molar refractivity (Wildman–Crippen MR) is 59.0 cm³/mol. The van der Waals surface area contributed by atoms with Gasteiger partial charge in [0.1, 0.15) is 0 Å². The Morgan fingerprint density at radius 3 is 1.57 bits per heavy atom. The summed E-state index contributed by atoms with van der Waals surface area (Å²) in [5, 5.41) is 6.28. The van der Waals surface area contributed by atoms with Crippen molar-refractivity contribution in [2.75, 3.05) is 0 Å². The summed E-state index contributed by atoms with van der Waals surface area (Å²) in [4.78, 5) is 0. The van der Waals surface area contributed by atoms with Crippen molar-refractivity contribution >= 4 is 0 Å². The highest BCUT2D eigenvalue weighted by Crippen LogP contribution is 2.02. The molecule has 0 unspecified atom stereocenters. The quantitative estimate of drug-likeness (QED) is 0.652. The monoisotopic (exact) mass is 184 g/mol. The van der Waals surface area contributed by atoms with Crippen molar-refractivity contribution in [3.05, 3.63) is 72.4 Å². The minimum absolute atomic E-state index is 1.09. The Morgan fingerprint density at radius 1 is 0.714 bits per heavy atom. The molecule has 2 nitrogen and oxygen atoms in total. The maximum atomic E-state index is 3.14. The van der Waals surface area contributed by atoms with Crippen LogP contribution in [0, 0.1) is 0 Å². The van der Waals surface area contributed by atoms with E-state index in [4.69, 9.17) is 0 Å². The lowest BCUT2D eigenvalue weighted by Crippen LogP contribution is -2.06. The van der Waals surface area contributed by atoms with E-state index in [1.54, 1.807) is 0 Å². The molecular formula is C12H12N2. The Bertz CT molecular complexity index is 341. The van der Waals surface area contributed by atoms with E-state index in [1.807, 2.05) is 61.0 Å². The van der Waals surface area contributed by atoms with Gasteiger partial charge in [-0.05, 0) is 36.5 Å². The molecule has 0 aromatic carbocycles. The van der Waals surface area contributed by atoms with Crippen LogP contribution < -0.4 is 10.6 Å². The van der Waals surface area contributed by atoms with E-state index < -0.39 is 0 Å². The number of hydrogen-bond acceptors (Lipinski definition) is 2. The average Bonchev–Trinajstić information content (AvgIpc) is 2.29. The van der Waals surface area contributed by atoms with Gasteiger partial charge in [-0.1, -0.05) is 12.2 Å². The highest BCUT2D eigenvalue weighted by molar-refractivity contribution is 5.35. The topological polar surface area (TPSA) is 24.1 Å². The fourth-order valence-corrected chi connectivity index (χ4v) is 1.20. The molecule has 0 amide bonds. The maximum absolute atomic E-state index is 3.14. The fourth-order valence-electron chi connectivity index (χ4n) is 1.20. The molecule has 0 radical (unpaired) electrons. The number of rotatable bonds is 1. The zero-order chi connectivity index (χ0) is 9.64. The van der Waals surface area contributed by atoms with Crippen LogP contribution in [-0.4, -0.2) is 0 Å². The molecule has 0 aromatic rings. The second-order valence-electron chi connectivity index (χ2n) is 2.97. The Kier molecular flexibility index (Phi) is 2.67. The van der Waals surface area contributed by atoms with Crippen LogP contribution in [0.15, 0.2) is 72.4 Å². The van der Waals surface area contributed by atoms with E-state index in [0.29, 0.717) is 0 Å². The van der Waals surface area contributed by atoms with Crippen molar-refractivity contribution in [3.63, 3.8) is 0 Å². The fraction of sp³-hybridized carbons (Fsp3) is 0. The van der Waals surface area contributed by atoms with E-state index in [2.05, 4.69) is 10.6 Å². The lowest BCUT2D eigenvalue weighted by atomic mass is 10.2. The van der Waals surface area contributed by atoms with Crippen LogP contribution >= 0.6 is 0 Å². The van der Waals surface area contributed by atoms with Crippen molar-refractivity contribution in [2.24, 2.45) is 0 Å². The normalized spacial score (nSPS) is 24.0. The molecule has 0 bridgehead atoms. The Labute approximate surface area is 83.7 Å². The first kappa shape index (κ1) is 8.63. The largest absolute Gasteiger partial charge is 0.362 e. The predicted octanol–water partition coefficient (Wildman–Crippen LogP) is 2.10. The summed E-state index contributed by atoms with van der Waals surface area (Å²) in [6, 6.07) is 0. The van der Waals surface area contributed by atoms with Gasteiger partial charge in [-0.2, -0.15) is 0 Å². The number of hydrogen-bond donors (Lipinski definition) is 2. The lowest BCUT2D eigenvalue weighted by molar-refractivity contribution is 1.08. The zero-order valence-electron chi connectivity index (χ0n) is 7.77. The third-order valence-corrected chi connectivity index (χ3v) is 1.91. The van der Waals surface area contributed by atoms with Crippen molar-refractivity contribution in [1.82, 2.24) is 10.6 Å². The van der Waals surface area contributed by atoms with Gasteiger partial charge in [0.05, 0.1) is 0 Å². The molecule has 0 atom stereocenters. The summed E-state index contributed by atoms with van der Waals surface area (Å²) in [5.74, 6) is 0. The second kappa shape index (κ2) is 4.33. The SMILES string of the molecule is C1=CNC(=CC=C2C=CC=CN2)C=C1. The van der Waals surface area contributed by atoms with Gasteiger partial charge in [-0.3, -0.25) is 0 Å². The molecule has 14 heavy (non-hydrogen) atoms. The third-order valence-electron chi connectivity index (χ3n) is 1.91. The summed E-state index contributed by atoms with van der Waals surface area (Å²) in [7, 11) is 0. The number of nitrogens with one attached hydrogen (secondary N) is 2. The van der Waals surface area contributed by atoms with Gasteiger partial charge in [0.25, 0.3) is 0 Å². The van der Waals surface area contributed by atoms with Crippen LogP contribution in [0.1, 0.15) is 0 Å². The first-order valence-corrected chi connectivity index (χ1v) is 4.57. The Balaban J connectivity index is 2.04. The average molecular weight is 184 g/mol. The molecule has 0 saturated heterocycles. The molecule has 0 spiro atoms. The molecule has 0 aromatic heterocycles. The van der Waals surface area contributed by atoms with Crippen LogP contribution in [0.2, 0.25) is 0 Å². The first-order valence-electron chi connectivity index (χ1n) is 4.57. The first-order chi connectivity index (χ1) is 6.95. The maximum Gasteiger partial charge on any atom is 0.0380 e. The Hall–Kier alpha value is -1.96. The van der Waals surface area contributed by atoms with Crippen LogP contribution in [0.25, 0.3) is 0 Å². The smallest absolute Gasteiger partial charge is 0.0380 e. The summed E-state index contributed by atoms with van der Waals surface area (Å²) >= 11 is 0. The molecule has 2 aliphatic heterocycles. The third kappa shape index (κ3) is 2.26. The van der Waals surface area contributed by atoms with E-state index in [9.17, 15) is 0 Å². The minimum Gasteiger partial charge on any atom is -0.362 e. The van der Waals surface area contributed by atoms with Gasteiger partial charge >= 0.3 is 0 Å². The molecule has 0 saturated carbocycles. The summed E-state index contributed by atoms with van der Waals surface area (Å²) in [6.45, 7) is 0. The van der Waals surface area contributed by atoms with Gasteiger partial charge in [0.2, 0.25) is 0 Å². The van der Waals surface area contributed by atoms with Crippen molar-refractivity contribution in [1.29, 1.82) is 0 Å². The van der Waals surface area contributed by atoms with Gasteiger partial charge in [0, 0.05) is 23.8 Å². The second-order valence-corrected chi connectivity index (χ2v) is 2.97. The van der Waals surface area contributed by atoms with Gasteiger partial charge in [-0.25, -0.2) is 0 Å². The molecule has 2 N–H and O–H groups in total. The molecule has 2 heteroatoms. The molecule has 2 aliphatic rings. The van der Waals surface area contributed by atoms with Crippen molar-refractivity contribution < 1.29 is 0 Å². The summed E-state index contributed by atoms with van der Waals surface area (Å²) in [5.41, 5.74) is 2.18. The molecule has 0 aliphatic carbocycles. The van der Waals surface area contributed by atoms with Crippen molar-refractivity contribution in [3.8, 4) is 0 Å². The number of dihydropyridines is 2. The van der Waals surface area contributed by atoms with E-state index in [0.717, 1.165) is 11.4 Å². The van der Waals surface area contributed by atoms with Gasteiger partial charge in [-0.15, -0.1) is 0 Å². The summed E-state index contributed by atoms with van der Waals surface area (Å²) < 4.78 is 0. The summed E-state index contributed by atoms with van der Waals surface area (Å²) in [6.07, 6.45) is 19.9. The Morgan fingerprint density at radius 2 is 1.21 bits per heavy atom. The number of allylic oxidation sites excluding steroid dienone is 8. The van der Waals surface area contributed by atoms with Crippen LogP contribution in [0.3, 0.4) is 0 Å². The van der Waals surface area contributed by atoms with Gasteiger partial charge in [0.15, 0.2) is 0 Å². The highest BCUT2D eigenvalue weighted by Gasteiger charge is 1.92. The van der Waals surface area contributed by atoms with Crippen LogP contribution in [0.5, 0.6) is 0 Å². The molecular weight excluding hydrogens is 172 g/mol. The van der Waals surface area contributed by atoms with Crippen LogP contribution in [0.4, 0.5) is 0 Å². The zero-order valence-corrected chi connectivity index (χ0v) is 7.77. The standard InChI is InChI=1S/C12H12N2/c1-3-9-13-11(5-1)7-8-12-6-2-4-10-14-12/h1-10,13-14H. The van der Waals surface area contributed by atoms with Gasteiger partial charge < -0.3 is 10.6 Å². The van der Waals surface area contributed by atoms with E-state index in [-0.39, 0.29) is 0 Å². The highest BCUT2D eigenvalue weighted by atomic mass is 14.9. The molecule has 2 rings (SSSR count). The minimum atomic E-state index is 1.09. The molecule has 2 heterocycles. The van der Waals surface area contributed by atoms with E-state index in [1.165, 1.54) is 0 Å². The molecule has 70 valence electrons. The van der Waals surface area contributed by atoms with Crippen molar-refractivity contribution in [2.45, 2.75) is 0 Å². The lowest BCUT2D eigenvalue weighted by Gasteiger charge is -2.06.